The quantitative estimate of drug-likeness (QED) is 0.266. The van der Waals surface area contributed by atoms with Gasteiger partial charge in [-0.1, -0.05) is 16.4 Å². The molecule has 0 aliphatic carbocycles. The maximum absolute atomic E-state index is 12.2. The van der Waals surface area contributed by atoms with Crippen LogP contribution in [0.25, 0.3) is 0 Å². The molecule has 1 aromatic heterocycles. The molecule has 0 radical (unpaired) electrons. The van der Waals surface area contributed by atoms with Crippen molar-refractivity contribution in [1.29, 1.82) is 0 Å². The average molecular weight is 628 g/mol. The summed E-state index contributed by atoms with van der Waals surface area (Å²) in [7, 11) is -2.96. The van der Waals surface area contributed by atoms with Gasteiger partial charge in [0.1, 0.15) is 18.1 Å². The molecule has 0 saturated carbocycles. The highest BCUT2D eigenvalue weighted by Gasteiger charge is 2.41. The third-order valence-corrected chi connectivity index (χ3v) is 5.37. The lowest BCUT2D eigenvalue weighted by atomic mass is 10.2. The zero-order valence-electron chi connectivity index (χ0n) is 14.0. The fourth-order valence-electron chi connectivity index (χ4n) is 2.53. The Balaban J connectivity index is 1.91. The maximum atomic E-state index is 12.2. The van der Waals surface area contributed by atoms with Crippen LogP contribution in [0.1, 0.15) is 23.8 Å². The minimum atomic E-state index is -2.96. The van der Waals surface area contributed by atoms with E-state index in [1.165, 1.54) is 6.20 Å². The second-order valence-corrected chi connectivity index (χ2v) is 8.92. The maximum Gasteiger partial charge on any atom is 0.697 e. The summed E-state index contributed by atoms with van der Waals surface area (Å²) < 4.78 is 23.9. The summed E-state index contributed by atoms with van der Waals surface area (Å²) in [4.78, 5) is 24.8. The first kappa shape index (κ1) is 21.6. The van der Waals surface area contributed by atoms with Crippen LogP contribution >= 0.6 is 53.4 Å². The second-order valence-electron chi connectivity index (χ2n) is 5.74. The van der Waals surface area contributed by atoms with Gasteiger partial charge in [-0.25, -0.2) is 4.79 Å². The molecule has 146 valence electrons. The van der Waals surface area contributed by atoms with E-state index in [1.54, 1.807) is 0 Å². The van der Waals surface area contributed by atoms with Crippen molar-refractivity contribution in [3.63, 3.8) is 0 Å². The van der Waals surface area contributed by atoms with Crippen LogP contribution in [-0.2, 0) is 13.8 Å². The highest BCUT2D eigenvalue weighted by Crippen LogP contribution is 2.33. The van der Waals surface area contributed by atoms with Crippen molar-refractivity contribution in [3.8, 4) is 11.8 Å². The predicted molar refractivity (Wildman–Crippen MR) is 116 cm³/mol. The van der Waals surface area contributed by atoms with E-state index >= 15 is 0 Å². The lowest BCUT2D eigenvalue weighted by molar-refractivity contribution is -0.126. The molecule has 2 aromatic rings. The smallest absolute Gasteiger partial charge is 0.387 e. The van der Waals surface area contributed by atoms with Crippen molar-refractivity contribution < 1.29 is 23.8 Å². The molecule has 1 aliphatic heterocycles. The number of nitrogens with zero attached hydrogens (tertiary/aromatic N) is 2. The Morgan fingerprint density at radius 3 is 2.64 bits per heavy atom. The van der Waals surface area contributed by atoms with Crippen molar-refractivity contribution in [1.82, 2.24) is 9.55 Å². The summed E-state index contributed by atoms with van der Waals surface area (Å²) in [6, 6.07) is 5.82. The largest absolute Gasteiger partial charge is 0.697 e. The van der Waals surface area contributed by atoms with Gasteiger partial charge in [0, 0.05) is 29.9 Å². The van der Waals surface area contributed by atoms with Crippen LogP contribution in [0.2, 0.25) is 0 Å². The first-order valence-corrected chi connectivity index (χ1v) is 11.0. The Hall–Kier alpha value is -1.14. The van der Waals surface area contributed by atoms with Gasteiger partial charge < -0.3 is 15.6 Å². The fourth-order valence-corrected chi connectivity index (χ4v) is 4.84. The Morgan fingerprint density at radius 1 is 1.32 bits per heavy atom. The second kappa shape index (κ2) is 9.12. The molecule has 9 nitrogen and oxygen atoms in total. The lowest BCUT2D eigenvalue weighted by Gasteiger charge is -2.13. The Bertz CT molecular complexity index is 1030. The number of nitrogens with two attached hydrogens (primary N) is 1. The van der Waals surface area contributed by atoms with Crippen LogP contribution in [0.4, 0.5) is 5.82 Å². The van der Waals surface area contributed by atoms with Crippen LogP contribution in [0.3, 0.4) is 0 Å². The Kier molecular flexibility index (Phi) is 7.02. The monoisotopic (exact) mass is 628 g/mol. The molecule has 2 heterocycles. The number of aliphatic hydroxyl groups excluding tert-OH is 1. The summed E-state index contributed by atoms with van der Waals surface area (Å²) in [5.41, 5.74) is 6.21. The fraction of sp³-hybridized carbons (Fsp3) is 0.250. The van der Waals surface area contributed by atoms with E-state index in [0.29, 0.717) is 5.56 Å². The van der Waals surface area contributed by atoms with Gasteiger partial charge in [0.05, 0.1) is 5.56 Å². The molecule has 0 bridgehead atoms. The number of nitrogen functional groups attached to an aromatic ring is 1. The number of aliphatic hydroxyl groups is 1. The van der Waals surface area contributed by atoms with Gasteiger partial charge in [-0.05, 0) is 63.4 Å². The lowest BCUT2D eigenvalue weighted by Crippen LogP contribution is -2.28. The number of benzene rings is 1. The van der Waals surface area contributed by atoms with Gasteiger partial charge in [-0.2, -0.15) is 4.98 Å². The Labute approximate surface area is 187 Å². The van der Waals surface area contributed by atoms with Crippen LogP contribution < -0.4 is 11.4 Å². The third-order valence-electron chi connectivity index (χ3n) is 3.74. The minimum absolute atomic E-state index is 0.0265. The first-order valence-electron chi connectivity index (χ1n) is 7.76. The average Bonchev–Trinajstić information content (AvgIpc) is 2.93. The molecule has 28 heavy (non-hydrogen) atoms. The van der Waals surface area contributed by atoms with E-state index in [9.17, 15) is 14.5 Å². The molecule has 1 saturated heterocycles. The summed E-state index contributed by atoms with van der Waals surface area (Å²) in [5.74, 6) is 5.84. The summed E-state index contributed by atoms with van der Waals surface area (Å²) in [6.07, 6.45) is -2.08. The molecule has 1 aromatic carbocycles. The van der Waals surface area contributed by atoms with Gasteiger partial charge in [0.2, 0.25) is 6.29 Å². The highest BCUT2D eigenvalue weighted by molar-refractivity contribution is 14.1. The number of halogens is 2. The summed E-state index contributed by atoms with van der Waals surface area (Å²) >= 11 is 4.39. The molecule has 1 aliphatic rings. The van der Waals surface area contributed by atoms with Crippen molar-refractivity contribution >= 4 is 59.3 Å². The number of hydrogen-bond donors (Lipinski definition) is 3. The van der Waals surface area contributed by atoms with Gasteiger partial charge in [-0.15, -0.1) is 4.89 Å². The van der Waals surface area contributed by atoms with E-state index in [2.05, 4.69) is 66.5 Å². The van der Waals surface area contributed by atoms with E-state index in [-0.39, 0.29) is 12.2 Å². The third kappa shape index (κ3) is 5.26. The van der Waals surface area contributed by atoms with Crippen LogP contribution in [0, 0.1) is 19.0 Å². The molecule has 12 heteroatoms. The van der Waals surface area contributed by atoms with E-state index < -0.39 is 32.6 Å². The number of ether oxygens (including phenoxy) is 1. The SMILES string of the molecule is Nc1nc(=O)n([C@H]2C[C@@H](O)[C@@H](O[P+](=O)O)O2)cc1C#Cc1cc(I)cc(I)c1. The molecule has 4 atom stereocenters. The molecular weight excluding hydrogens is 615 g/mol. The number of anilines is 1. The van der Waals surface area contributed by atoms with Crippen LogP contribution in [0.5, 0.6) is 0 Å². The van der Waals surface area contributed by atoms with Crippen molar-refractivity contribution in [2.75, 3.05) is 5.73 Å². The Morgan fingerprint density at radius 2 is 2.00 bits per heavy atom. The van der Waals surface area contributed by atoms with Crippen molar-refractivity contribution in [2.24, 2.45) is 0 Å². The molecule has 3 rings (SSSR count). The number of hydrogen-bond acceptors (Lipinski definition) is 7. The van der Waals surface area contributed by atoms with Gasteiger partial charge >= 0.3 is 13.9 Å². The molecule has 1 fully saturated rings. The van der Waals surface area contributed by atoms with E-state index in [0.717, 1.165) is 17.3 Å². The zero-order chi connectivity index (χ0) is 20.4. The summed E-state index contributed by atoms with van der Waals surface area (Å²) in [5, 5.41) is 9.91. The van der Waals surface area contributed by atoms with Gasteiger partial charge in [-0.3, -0.25) is 4.57 Å². The summed E-state index contributed by atoms with van der Waals surface area (Å²) in [6.45, 7) is 0. The predicted octanol–water partition coefficient (Wildman–Crippen LogP) is 1.71. The first-order chi connectivity index (χ1) is 13.2. The minimum Gasteiger partial charge on any atom is -0.387 e. The van der Waals surface area contributed by atoms with Gasteiger partial charge in [0.15, 0.2) is 0 Å². The molecule has 4 N–H and O–H groups in total. The molecule has 0 amide bonds. The highest BCUT2D eigenvalue weighted by atomic mass is 127. The standard InChI is InChI=1S/C16H12I2N3O6P/c17-10-3-8(4-11(18)5-10)1-2-9-7-21(16(23)20-14(9)19)13-6-12(22)15(26-13)27-28(24)25/h3-5,7,12-13,15,22H,6H2,(H2-,19,20,23,24,25)/p+1/t12-,13-,15-/m1/s1. The van der Waals surface area contributed by atoms with Crippen molar-refractivity contribution in [3.05, 3.63) is 53.1 Å². The molecule has 1 unspecified atom stereocenters. The van der Waals surface area contributed by atoms with E-state index in [4.69, 9.17) is 15.4 Å². The zero-order valence-corrected chi connectivity index (χ0v) is 19.2. The number of aromatic nitrogens is 2. The topological polar surface area (TPSA) is 137 Å². The number of rotatable bonds is 3. The van der Waals surface area contributed by atoms with Crippen molar-refractivity contribution in [2.45, 2.75) is 25.0 Å². The van der Waals surface area contributed by atoms with Crippen LogP contribution in [0.15, 0.2) is 29.2 Å². The normalized spacial score (nSPS) is 21.9. The van der Waals surface area contributed by atoms with E-state index in [1.807, 2.05) is 18.2 Å². The molecule has 0 spiro atoms. The van der Waals surface area contributed by atoms with Gasteiger partial charge in [0.25, 0.3) is 0 Å². The van der Waals surface area contributed by atoms with Crippen LogP contribution in [-0.4, -0.2) is 31.9 Å². The molecular formula is C16H13I2N3O6P+.